The third kappa shape index (κ3) is 4.49. The van der Waals surface area contributed by atoms with Crippen molar-refractivity contribution in [3.8, 4) is 11.5 Å². The Bertz CT molecular complexity index is 634. The van der Waals surface area contributed by atoms with Crippen LogP contribution in [0.1, 0.15) is 30.4 Å². The summed E-state index contributed by atoms with van der Waals surface area (Å²) in [5, 5.41) is 9.60. The molecule has 0 bridgehead atoms. The summed E-state index contributed by atoms with van der Waals surface area (Å²) in [6.07, 6.45) is 1.36. The average Bonchev–Trinajstić information content (AvgIpc) is 2.58. The third-order valence-electron chi connectivity index (χ3n) is 3.65. The van der Waals surface area contributed by atoms with Crippen LogP contribution >= 0.6 is 0 Å². The van der Waals surface area contributed by atoms with E-state index in [1.807, 2.05) is 36.4 Å². The lowest BCUT2D eigenvalue weighted by molar-refractivity contribution is -0.138. The molecular weight excluding hydrogens is 292 g/mol. The molecule has 122 valence electrons. The molecule has 0 amide bonds. The molecule has 0 heterocycles. The van der Waals surface area contributed by atoms with Crippen LogP contribution in [0.2, 0.25) is 0 Å². The SMILES string of the molecule is CCCOc1ccc(CC(C(=O)O)c2ccccc2OC)cc1. The molecule has 1 atom stereocenters. The zero-order valence-corrected chi connectivity index (χ0v) is 13.5. The predicted octanol–water partition coefficient (Wildman–Crippen LogP) is 3.89. The van der Waals surface area contributed by atoms with Crippen molar-refractivity contribution in [2.75, 3.05) is 13.7 Å². The van der Waals surface area contributed by atoms with Crippen LogP contribution in [0, 0.1) is 0 Å². The fourth-order valence-electron chi connectivity index (χ4n) is 2.46. The van der Waals surface area contributed by atoms with Crippen LogP contribution in [0.15, 0.2) is 48.5 Å². The molecule has 2 aromatic carbocycles. The number of ether oxygens (including phenoxy) is 2. The van der Waals surface area contributed by atoms with Crippen LogP contribution in [0.4, 0.5) is 0 Å². The summed E-state index contributed by atoms with van der Waals surface area (Å²) in [7, 11) is 1.55. The summed E-state index contributed by atoms with van der Waals surface area (Å²) >= 11 is 0. The Hall–Kier alpha value is -2.49. The first kappa shape index (κ1) is 16.9. The largest absolute Gasteiger partial charge is 0.496 e. The minimum absolute atomic E-state index is 0.407. The molecule has 2 rings (SSSR count). The number of hydrogen-bond acceptors (Lipinski definition) is 3. The number of aliphatic carboxylic acids is 1. The van der Waals surface area contributed by atoms with Crippen molar-refractivity contribution in [3.05, 3.63) is 59.7 Å². The highest BCUT2D eigenvalue weighted by Gasteiger charge is 2.23. The van der Waals surface area contributed by atoms with Crippen LogP contribution in [-0.4, -0.2) is 24.8 Å². The van der Waals surface area contributed by atoms with Crippen LogP contribution in [-0.2, 0) is 11.2 Å². The predicted molar refractivity (Wildman–Crippen MR) is 89.3 cm³/mol. The van der Waals surface area contributed by atoms with Gasteiger partial charge >= 0.3 is 5.97 Å². The summed E-state index contributed by atoms with van der Waals surface area (Å²) < 4.78 is 10.8. The molecule has 0 fully saturated rings. The average molecular weight is 314 g/mol. The molecule has 0 saturated carbocycles. The lowest BCUT2D eigenvalue weighted by atomic mass is 9.91. The molecule has 1 N–H and O–H groups in total. The van der Waals surface area contributed by atoms with Gasteiger partial charge in [-0.2, -0.15) is 0 Å². The van der Waals surface area contributed by atoms with Crippen molar-refractivity contribution < 1.29 is 19.4 Å². The minimum atomic E-state index is -0.860. The summed E-state index contributed by atoms with van der Waals surface area (Å²) in [5.74, 6) is -0.100. The molecule has 0 radical (unpaired) electrons. The van der Waals surface area contributed by atoms with Gasteiger partial charge in [0, 0.05) is 5.56 Å². The van der Waals surface area contributed by atoms with Crippen molar-refractivity contribution >= 4 is 5.97 Å². The van der Waals surface area contributed by atoms with E-state index in [4.69, 9.17) is 9.47 Å². The Balaban J connectivity index is 2.18. The maximum atomic E-state index is 11.7. The number of carboxylic acids is 1. The highest BCUT2D eigenvalue weighted by Crippen LogP contribution is 2.30. The van der Waals surface area contributed by atoms with E-state index in [1.54, 1.807) is 19.2 Å². The molecule has 0 aliphatic carbocycles. The van der Waals surface area contributed by atoms with Gasteiger partial charge in [0.15, 0.2) is 0 Å². The highest BCUT2D eigenvalue weighted by atomic mass is 16.5. The maximum Gasteiger partial charge on any atom is 0.311 e. The normalized spacial score (nSPS) is 11.7. The van der Waals surface area contributed by atoms with Gasteiger partial charge in [0.2, 0.25) is 0 Å². The Morgan fingerprint density at radius 2 is 1.83 bits per heavy atom. The molecule has 0 aliphatic heterocycles. The van der Waals surface area contributed by atoms with Crippen molar-refractivity contribution in [1.29, 1.82) is 0 Å². The van der Waals surface area contributed by atoms with Gasteiger partial charge in [-0.1, -0.05) is 37.3 Å². The second-order valence-corrected chi connectivity index (χ2v) is 5.33. The molecular formula is C19H22O4. The first-order valence-corrected chi connectivity index (χ1v) is 7.73. The van der Waals surface area contributed by atoms with E-state index in [0.29, 0.717) is 24.3 Å². The second-order valence-electron chi connectivity index (χ2n) is 5.33. The molecule has 0 aromatic heterocycles. The van der Waals surface area contributed by atoms with E-state index in [0.717, 1.165) is 17.7 Å². The van der Waals surface area contributed by atoms with E-state index in [-0.39, 0.29) is 0 Å². The Morgan fingerprint density at radius 1 is 1.13 bits per heavy atom. The first-order chi connectivity index (χ1) is 11.2. The summed E-state index contributed by atoms with van der Waals surface area (Å²) in [5.41, 5.74) is 1.64. The third-order valence-corrected chi connectivity index (χ3v) is 3.65. The second kappa shape index (κ2) is 8.22. The lowest BCUT2D eigenvalue weighted by Gasteiger charge is -2.16. The summed E-state index contributed by atoms with van der Waals surface area (Å²) in [4.78, 5) is 11.7. The number of rotatable bonds is 8. The van der Waals surface area contributed by atoms with Gasteiger partial charge in [-0.3, -0.25) is 4.79 Å². The van der Waals surface area contributed by atoms with Crippen LogP contribution in [0.5, 0.6) is 11.5 Å². The Morgan fingerprint density at radius 3 is 2.43 bits per heavy atom. The van der Waals surface area contributed by atoms with Crippen LogP contribution in [0.25, 0.3) is 0 Å². The topological polar surface area (TPSA) is 55.8 Å². The van der Waals surface area contributed by atoms with Crippen molar-refractivity contribution in [1.82, 2.24) is 0 Å². The van der Waals surface area contributed by atoms with Gasteiger partial charge in [0.05, 0.1) is 19.6 Å². The Labute approximate surface area is 136 Å². The molecule has 4 heteroatoms. The zero-order valence-electron chi connectivity index (χ0n) is 13.5. The number of methoxy groups -OCH3 is 1. The molecule has 1 unspecified atom stereocenters. The monoisotopic (exact) mass is 314 g/mol. The highest BCUT2D eigenvalue weighted by molar-refractivity contribution is 5.77. The fourth-order valence-corrected chi connectivity index (χ4v) is 2.46. The minimum Gasteiger partial charge on any atom is -0.496 e. The Kier molecular flexibility index (Phi) is 6.03. The van der Waals surface area contributed by atoms with E-state index < -0.39 is 11.9 Å². The molecule has 0 spiro atoms. The van der Waals surface area contributed by atoms with E-state index in [1.165, 1.54) is 0 Å². The van der Waals surface area contributed by atoms with Gasteiger partial charge in [0.1, 0.15) is 11.5 Å². The molecule has 4 nitrogen and oxygen atoms in total. The van der Waals surface area contributed by atoms with Gasteiger partial charge in [-0.25, -0.2) is 0 Å². The molecule has 0 aliphatic rings. The lowest BCUT2D eigenvalue weighted by Crippen LogP contribution is -2.15. The van der Waals surface area contributed by atoms with Crippen molar-refractivity contribution in [2.24, 2.45) is 0 Å². The van der Waals surface area contributed by atoms with Gasteiger partial charge in [-0.15, -0.1) is 0 Å². The number of carbonyl (C=O) groups is 1. The molecule has 0 saturated heterocycles. The van der Waals surface area contributed by atoms with Crippen LogP contribution < -0.4 is 9.47 Å². The first-order valence-electron chi connectivity index (χ1n) is 7.73. The fraction of sp³-hybridized carbons (Fsp3) is 0.316. The summed E-state index contributed by atoms with van der Waals surface area (Å²) in [6, 6.07) is 14.8. The summed E-state index contributed by atoms with van der Waals surface area (Å²) in [6.45, 7) is 2.73. The van der Waals surface area contributed by atoms with E-state index in [2.05, 4.69) is 6.92 Å². The van der Waals surface area contributed by atoms with E-state index >= 15 is 0 Å². The molecule has 23 heavy (non-hydrogen) atoms. The van der Waals surface area contributed by atoms with Gasteiger partial charge in [0.25, 0.3) is 0 Å². The standard InChI is InChI=1S/C19H22O4/c1-3-12-23-15-10-8-14(9-11-15)13-17(19(20)21)16-6-4-5-7-18(16)22-2/h4-11,17H,3,12-13H2,1-2H3,(H,20,21). The van der Waals surface area contributed by atoms with E-state index in [9.17, 15) is 9.90 Å². The van der Waals surface area contributed by atoms with Crippen molar-refractivity contribution in [3.63, 3.8) is 0 Å². The number of carboxylic acid groups (broad SMARTS) is 1. The number of para-hydroxylation sites is 1. The quantitative estimate of drug-likeness (QED) is 0.803. The van der Waals surface area contributed by atoms with Gasteiger partial charge < -0.3 is 14.6 Å². The zero-order chi connectivity index (χ0) is 16.7. The van der Waals surface area contributed by atoms with Crippen LogP contribution in [0.3, 0.4) is 0 Å². The van der Waals surface area contributed by atoms with Crippen molar-refractivity contribution in [2.45, 2.75) is 25.7 Å². The number of benzene rings is 2. The maximum absolute atomic E-state index is 11.7. The molecule has 2 aromatic rings. The smallest absolute Gasteiger partial charge is 0.311 e. The number of hydrogen-bond donors (Lipinski definition) is 1. The van der Waals surface area contributed by atoms with Gasteiger partial charge in [-0.05, 0) is 36.6 Å².